The molecule has 21 heavy (non-hydrogen) atoms. The van der Waals surface area contributed by atoms with Crippen LogP contribution < -0.4 is 5.32 Å². The predicted molar refractivity (Wildman–Crippen MR) is 94.7 cm³/mol. The maximum absolute atomic E-state index is 10.8. The first-order valence-corrected chi connectivity index (χ1v) is 8.42. The van der Waals surface area contributed by atoms with E-state index in [0.29, 0.717) is 0 Å². The zero-order valence-electron chi connectivity index (χ0n) is 10.9. The molecule has 0 amide bonds. The van der Waals surface area contributed by atoms with Crippen molar-refractivity contribution >= 4 is 59.2 Å². The zero-order valence-corrected chi connectivity index (χ0v) is 15.7. The molecule has 0 bridgehead atoms. The second-order valence-corrected chi connectivity index (χ2v) is 7.09. The third-order valence-electron chi connectivity index (χ3n) is 2.95. The maximum Gasteiger partial charge on any atom is 0.269 e. The first-order chi connectivity index (χ1) is 9.88. The third-order valence-corrected chi connectivity index (χ3v) is 4.66. The van der Waals surface area contributed by atoms with Gasteiger partial charge in [0.2, 0.25) is 0 Å². The number of nitrogens with zero attached hydrogens (tertiary/aromatic N) is 1. The van der Waals surface area contributed by atoms with Gasteiger partial charge < -0.3 is 5.32 Å². The first-order valence-electron chi connectivity index (χ1n) is 6.04. The van der Waals surface area contributed by atoms with Gasteiger partial charge in [-0.3, -0.25) is 10.1 Å². The Balaban J connectivity index is 2.28. The van der Waals surface area contributed by atoms with E-state index in [4.69, 9.17) is 0 Å². The molecule has 7 heteroatoms. The summed E-state index contributed by atoms with van der Waals surface area (Å²) in [5.41, 5.74) is 1.85. The summed E-state index contributed by atoms with van der Waals surface area (Å²) in [6.07, 6.45) is 0. The molecule has 1 N–H and O–H groups in total. The Kier molecular flexibility index (Phi) is 5.40. The van der Waals surface area contributed by atoms with E-state index in [2.05, 4.69) is 53.1 Å². The van der Waals surface area contributed by atoms with E-state index in [1.807, 2.05) is 25.1 Å². The summed E-state index contributed by atoms with van der Waals surface area (Å²) in [6.45, 7) is 1.96. The highest BCUT2D eigenvalue weighted by molar-refractivity contribution is 9.11. The monoisotopic (exact) mass is 476 g/mol. The molecular weight excluding hydrogens is 468 g/mol. The lowest BCUT2D eigenvalue weighted by molar-refractivity contribution is -0.384. The van der Waals surface area contributed by atoms with Crippen molar-refractivity contribution in [1.29, 1.82) is 0 Å². The number of nitro groups is 1. The lowest BCUT2D eigenvalue weighted by atomic mass is 10.1. The van der Waals surface area contributed by atoms with Crippen molar-refractivity contribution in [3.63, 3.8) is 0 Å². The summed E-state index contributed by atoms with van der Waals surface area (Å²) in [6, 6.07) is 10.4. The van der Waals surface area contributed by atoms with Crippen molar-refractivity contribution in [3.8, 4) is 0 Å². The number of hydrogen-bond acceptors (Lipinski definition) is 3. The van der Waals surface area contributed by atoms with Gasteiger partial charge in [0.25, 0.3) is 5.69 Å². The quantitative estimate of drug-likeness (QED) is 0.429. The van der Waals surface area contributed by atoms with Gasteiger partial charge in [0.05, 0.1) is 10.6 Å². The van der Waals surface area contributed by atoms with Crippen LogP contribution in [0.25, 0.3) is 0 Å². The van der Waals surface area contributed by atoms with Crippen LogP contribution in [-0.2, 0) is 0 Å². The van der Waals surface area contributed by atoms with E-state index in [-0.39, 0.29) is 16.7 Å². The fraction of sp³-hybridized carbons (Fsp3) is 0.143. The highest BCUT2D eigenvalue weighted by Gasteiger charge is 2.14. The van der Waals surface area contributed by atoms with Gasteiger partial charge in [-0.1, -0.05) is 28.1 Å². The molecule has 0 aliphatic heterocycles. The second-order valence-electron chi connectivity index (χ2n) is 4.46. The lowest BCUT2D eigenvalue weighted by Gasteiger charge is -2.18. The largest absolute Gasteiger partial charge is 0.377 e. The molecule has 0 heterocycles. The van der Waals surface area contributed by atoms with Crippen LogP contribution in [0, 0.1) is 10.1 Å². The van der Waals surface area contributed by atoms with Crippen molar-refractivity contribution in [2.24, 2.45) is 0 Å². The highest BCUT2D eigenvalue weighted by Crippen LogP contribution is 2.36. The number of halogens is 3. The number of nitro benzene ring substituents is 1. The summed E-state index contributed by atoms with van der Waals surface area (Å²) in [5, 5.41) is 14.2. The van der Waals surface area contributed by atoms with Crippen molar-refractivity contribution in [2.75, 3.05) is 5.32 Å². The number of nitrogens with one attached hydrogen (secondary N) is 1. The Labute approximate surface area is 147 Å². The summed E-state index contributed by atoms with van der Waals surface area (Å²) in [7, 11) is 0. The van der Waals surface area contributed by atoms with Gasteiger partial charge >= 0.3 is 0 Å². The Morgan fingerprint density at radius 2 is 1.76 bits per heavy atom. The van der Waals surface area contributed by atoms with E-state index < -0.39 is 0 Å². The third kappa shape index (κ3) is 4.05. The zero-order chi connectivity index (χ0) is 15.6. The fourth-order valence-corrected chi connectivity index (χ4v) is 4.38. The minimum atomic E-state index is -0.387. The normalized spacial score (nSPS) is 12.0. The Hall–Kier alpha value is -0.920. The van der Waals surface area contributed by atoms with Crippen LogP contribution >= 0.6 is 47.8 Å². The Bertz CT molecular complexity index is 669. The van der Waals surface area contributed by atoms with Crippen molar-refractivity contribution < 1.29 is 4.92 Å². The Morgan fingerprint density at radius 3 is 2.33 bits per heavy atom. The second kappa shape index (κ2) is 6.89. The molecule has 0 saturated heterocycles. The fourth-order valence-electron chi connectivity index (χ4n) is 1.89. The average Bonchev–Trinajstić information content (AvgIpc) is 2.42. The van der Waals surface area contributed by atoms with Gasteiger partial charge in [0.1, 0.15) is 0 Å². The molecule has 0 aliphatic rings. The molecule has 2 rings (SSSR count). The van der Waals surface area contributed by atoms with Crippen LogP contribution in [0.2, 0.25) is 0 Å². The van der Waals surface area contributed by atoms with Crippen LogP contribution in [0.5, 0.6) is 0 Å². The minimum Gasteiger partial charge on any atom is -0.377 e. The molecular formula is C14H11Br3N2O2. The molecule has 2 aromatic carbocycles. The molecule has 0 spiro atoms. The van der Waals surface area contributed by atoms with Gasteiger partial charge in [-0.2, -0.15) is 0 Å². The van der Waals surface area contributed by atoms with Crippen LogP contribution in [0.3, 0.4) is 0 Å². The summed E-state index contributed by atoms with van der Waals surface area (Å²) >= 11 is 10.4. The van der Waals surface area contributed by atoms with E-state index in [1.165, 1.54) is 6.07 Å². The first kappa shape index (κ1) is 16.5. The molecule has 1 atom stereocenters. The topological polar surface area (TPSA) is 55.2 Å². The number of hydrogen-bond donors (Lipinski definition) is 1. The highest BCUT2D eigenvalue weighted by atomic mass is 79.9. The molecule has 2 aromatic rings. The van der Waals surface area contributed by atoms with Crippen molar-refractivity contribution in [2.45, 2.75) is 13.0 Å². The van der Waals surface area contributed by atoms with E-state index >= 15 is 0 Å². The summed E-state index contributed by atoms with van der Waals surface area (Å²) < 4.78 is 2.76. The van der Waals surface area contributed by atoms with E-state index in [0.717, 1.165) is 24.7 Å². The molecule has 0 radical (unpaired) electrons. The SMILES string of the molecule is CC(Nc1c(Br)cc(Br)cc1Br)c1cccc([N+](=O)[O-])c1. The average molecular weight is 479 g/mol. The molecule has 1 unspecified atom stereocenters. The van der Waals surface area contributed by atoms with Crippen LogP contribution in [-0.4, -0.2) is 4.92 Å². The van der Waals surface area contributed by atoms with E-state index in [9.17, 15) is 10.1 Å². The number of non-ortho nitro benzene ring substituents is 1. The van der Waals surface area contributed by atoms with Gasteiger partial charge in [0.15, 0.2) is 0 Å². The summed E-state index contributed by atoms with van der Waals surface area (Å²) in [5.74, 6) is 0. The van der Waals surface area contributed by atoms with Crippen molar-refractivity contribution in [3.05, 3.63) is 65.5 Å². The molecule has 110 valence electrons. The van der Waals surface area contributed by atoms with Crippen LogP contribution in [0.4, 0.5) is 11.4 Å². The molecule has 0 aromatic heterocycles. The minimum absolute atomic E-state index is 0.0707. The summed E-state index contributed by atoms with van der Waals surface area (Å²) in [4.78, 5) is 10.5. The lowest BCUT2D eigenvalue weighted by Crippen LogP contribution is -2.08. The van der Waals surface area contributed by atoms with Crippen LogP contribution in [0.15, 0.2) is 49.8 Å². The van der Waals surface area contributed by atoms with Crippen molar-refractivity contribution in [1.82, 2.24) is 0 Å². The number of anilines is 1. The predicted octanol–water partition coefficient (Wildman–Crippen LogP) is 6.06. The Morgan fingerprint density at radius 1 is 1.14 bits per heavy atom. The molecule has 0 fully saturated rings. The molecule has 0 saturated carbocycles. The smallest absolute Gasteiger partial charge is 0.269 e. The van der Waals surface area contributed by atoms with Crippen LogP contribution in [0.1, 0.15) is 18.5 Å². The standard InChI is InChI=1S/C14H11Br3N2O2/c1-8(9-3-2-4-11(5-9)19(20)21)18-14-12(16)6-10(15)7-13(14)17/h2-8,18H,1H3. The van der Waals surface area contributed by atoms with Gasteiger partial charge in [0, 0.05) is 31.6 Å². The van der Waals surface area contributed by atoms with Gasteiger partial charge in [-0.15, -0.1) is 0 Å². The maximum atomic E-state index is 10.8. The molecule has 0 aliphatic carbocycles. The number of rotatable bonds is 4. The van der Waals surface area contributed by atoms with E-state index in [1.54, 1.807) is 12.1 Å². The molecule has 4 nitrogen and oxygen atoms in total. The van der Waals surface area contributed by atoms with Gasteiger partial charge in [-0.25, -0.2) is 0 Å². The van der Waals surface area contributed by atoms with Gasteiger partial charge in [-0.05, 0) is 56.5 Å². The number of benzene rings is 2.